The van der Waals surface area contributed by atoms with Gasteiger partial charge >= 0.3 is 0 Å². The minimum Gasteiger partial charge on any atom is -0.506 e. The first-order valence-corrected chi connectivity index (χ1v) is 10.4. The van der Waals surface area contributed by atoms with Gasteiger partial charge in [-0.05, 0) is 48.4 Å². The molecule has 1 aromatic heterocycles. The number of primary amides is 1. The molecule has 0 saturated heterocycles. The second-order valence-corrected chi connectivity index (χ2v) is 7.96. The van der Waals surface area contributed by atoms with E-state index < -0.39 is 5.91 Å². The van der Waals surface area contributed by atoms with Crippen molar-refractivity contribution in [1.29, 1.82) is 0 Å². The Kier molecular flexibility index (Phi) is 5.88. The number of benzene rings is 3. The molecule has 32 heavy (non-hydrogen) atoms. The Morgan fingerprint density at radius 2 is 1.88 bits per heavy atom. The Labute approximate surface area is 190 Å². The molecular weight excluding hydrogens is 426 g/mol. The third-order valence-corrected chi connectivity index (χ3v) is 5.41. The molecule has 3 aromatic carbocycles. The van der Waals surface area contributed by atoms with Gasteiger partial charge in [-0.2, -0.15) is 5.10 Å². The molecule has 0 aliphatic carbocycles. The van der Waals surface area contributed by atoms with Crippen LogP contribution in [0.2, 0.25) is 5.02 Å². The summed E-state index contributed by atoms with van der Waals surface area (Å²) in [7, 11) is 1.63. The average molecular weight is 448 g/mol. The van der Waals surface area contributed by atoms with E-state index in [-0.39, 0.29) is 11.4 Å². The first kappa shape index (κ1) is 21.5. The number of halogens is 1. The van der Waals surface area contributed by atoms with Gasteiger partial charge in [0.05, 0.1) is 11.3 Å². The molecule has 0 aliphatic rings. The molecule has 4 rings (SSSR count). The van der Waals surface area contributed by atoms with Crippen molar-refractivity contribution >= 4 is 17.5 Å². The smallest absolute Gasteiger partial charge is 0.266 e. The highest BCUT2D eigenvalue weighted by Gasteiger charge is 2.20. The number of ether oxygens (including phenoxy) is 1. The van der Waals surface area contributed by atoms with Crippen molar-refractivity contribution in [3.05, 3.63) is 88.6 Å². The van der Waals surface area contributed by atoms with E-state index in [1.165, 1.54) is 4.68 Å². The van der Waals surface area contributed by atoms with E-state index in [1.807, 2.05) is 43.3 Å². The van der Waals surface area contributed by atoms with Crippen LogP contribution in [0.15, 0.2) is 66.7 Å². The zero-order chi connectivity index (χ0) is 22.8. The molecule has 7 heteroatoms. The van der Waals surface area contributed by atoms with Gasteiger partial charge in [-0.3, -0.25) is 9.48 Å². The fourth-order valence-corrected chi connectivity index (χ4v) is 3.68. The number of hydrogen-bond donors (Lipinski definition) is 2. The maximum atomic E-state index is 11.6. The molecule has 1 amide bonds. The number of aryl methyl sites for hydroxylation is 2. The lowest BCUT2D eigenvalue weighted by atomic mass is 9.97. The number of amides is 1. The number of aromatic hydroxyl groups is 1. The minimum absolute atomic E-state index is 0.0123. The fourth-order valence-electron chi connectivity index (χ4n) is 3.55. The average Bonchev–Trinajstić information content (AvgIpc) is 3.15. The van der Waals surface area contributed by atoms with Gasteiger partial charge in [-0.15, -0.1) is 0 Å². The van der Waals surface area contributed by atoms with Crippen LogP contribution < -0.4 is 10.5 Å². The number of carbonyl (C=O) groups excluding carboxylic acids is 1. The van der Waals surface area contributed by atoms with Crippen molar-refractivity contribution < 1.29 is 14.6 Å². The monoisotopic (exact) mass is 447 g/mol. The highest BCUT2D eigenvalue weighted by molar-refractivity contribution is 6.30. The summed E-state index contributed by atoms with van der Waals surface area (Å²) in [5.74, 6) is -0.0521. The van der Waals surface area contributed by atoms with E-state index in [9.17, 15) is 9.90 Å². The third-order valence-electron chi connectivity index (χ3n) is 5.16. The van der Waals surface area contributed by atoms with E-state index in [2.05, 4.69) is 5.10 Å². The number of nitrogens with zero attached hydrogens (tertiary/aromatic N) is 2. The number of nitrogens with two attached hydrogens (primary N) is 1. The number of carbonyl (C=O) groups is 1. The Hall–Kier alpha value is -3.77. The molecule has 0 radical (unpaired) electrons. The zero-order valence-corrected chi connectivity index (χ0v) is 18.4. The molecule has 4 aromatic rings. The summed E-state index contributed by atoms with van der Waals surface area (Å²) in [5, 5.41) is 16.3. The highest BCUT2D eigenvalue weighted by Crippen LogP contribution is 2.44. The summed E-state index contributed by atoms with van der Waals surface area (Å²) < 4.78 is 7.49. The van der Waals surface area contributed by atoms with Crippen molar-refractivity contribution in [2.45, 2.75) is 13.5 Å². The quantitative estimate of drug-likeness (QED) is 0.430. The van der Waals surface area contributed by atoms with E-state index >= 15 is 0 Å². The van der Waals surface area contributed by atoms with Gasteiger partial charge in [0.25, 0.3) is 5.91 Å². The molecule has 3 N–H and O–H groups in total. The largest absolute Gasteiger partial charge is 0.506 e. The second kappa shape index (κ2) is 8.77. The highest BCUT2D eigenvalue weighted by atomic mass is 35.5. The summed E-state index contributed by atoms with van der Waals surface area (Å²) in [6, 6.07) is 20.3. The zero-order valence-electron chi connectivity index (χ0n) is 17.7. The molecule has 0 spiro atoms. The molecule has 6 nitrogen and oxygen atoms in total. The lowest BCUT2D eigenvalue weighted by molar-refractivity contribution is 0.0991. The van der Waals surface area contributed by atoms with Crippen LogP contribution in [-0.2, 0) is 13.7 Å². The van der Waals surface area contributed by atoms with Crippen LogP contribution in [0.5, 0.6) is 11.5 Å². The number of phenols is 1. The molecule has 1 heterocycles. The topological polar surface area (TPSA) is 90.4 Å². The Morgan fingerprint density at radius 1 is 1.12 bits per heavy atom. The van der Waals surface area contributed by atoms with Gasteiger partial charge in [0.2, 0.25) is 0 Å². The fraction of sp³-hybridized carbons (Fsp3) is 0.120. The third kappa shape index (κ3) is 4.31. The summed E-state index contributed by atoms with van der Waals surface area (Å²) in [4.78, 5) is 11.6. The maximum absolute atomic E-state index is 11.6. The standard InChI is InChI=1S/C25H22ClN3O3/c1-15-4-3-5-17(12-15)23-22(32-14-16-6-8-18(26)9-7-16)11-10-19(24(23)30)20-13-21(25(27)31)29(2)28-20/h3-13,30H,14H2,1-2H3,(H2,27,31). The molecular formula is C25H22ClN3O3. The van der Waals surface area contributed by atoms with Crippen molar-refractivity contribution in [3.8, 4) is 33.9 Å². The molecule has 0 aliphatic heterocycles. The normalized spacial score (nSPS) is 10.8. The molecule has 0 bridgehead atoms. The van der Waals surface area contributed by atoms with Crippen molar-refractivity contribution in [1.82, 2.24) is 9.78 Å². The van der Waals surface area contributed by atoms with E-state index in [4.69, 9.17) is 22.1 Å². The molecule has 0 fully saturated rings. The lowest BCUT2D eigenvalue weighted by Gasteiger charge is -2.16. The lowest BCUT2D eigenvalue weighted by Crippen LogP contribution is -2.15. The summed E-state index contributed by atoms with van der Waals surface area (Å²) in [6.45, 7) is 2.29. The Bertz CT molecular complexity index is 1300. The number of hydrogen-bond acceptors (Lipinski definition) is 4. The first-order chi connectivity index (χ1) is 15.3. The van der Waals surface area contributed by atoms with Gasteiger partial charge in [-0.1, -0.05) is 53.6 Å². The van der Waals surface area contributed by atoms with Crippen molar-refractivity contribution in [2.75, 3.05) is 0 Å². The van der Waals surface area contributed by atoms with Crippen molar-refractivity contribution in [3.63, 3.8) is 0 Å². The van der Waals surface area contributed by atoms with Crippen molar-refractivity contribution in [2.24, 2.45) is 12.8 Å². The summed E-state index contributed by atoms with van der Waals surface area (Å²) in [5.41, 5.74) is 9.93. The second-order valence-electron chi connectivity index (χ2n) is 7.52. The van der Waals surface area contributed by atoms with E-state index in [1.54, 1.807) is 37.4 Å². The van der Waals surface area contributed by atoms with Crippen LogP contribution in [0.1, 0.15) is 21.6 Å². The van der Waals surface area contributed by atoms with E-state index in [0.717, 1.165) is 16.7 Å². The van der Waals surface area contributed by atoms with Crippen LogP contribution in [0, 0.1) is 6.92 Å². The predicted molar refractivity (Wildman–Crippen MR) is 125 cm³/mol. The van der Waals surface area contributed by atoms with Crippen LogP contribution in [-0.4, -0.2) is 20.8 Å². The summed E-state index contributed by atoms with van der Waals surface area (Å²) in [6.07, 6.45) is 0. The Balaban J connectivity index is 1.79. The maximum Gasteiger partial charge on any atom is 0.266 e. The summed E-state index contributed by atoms with van der Waals surface area (Å²) >= 11 is 5.97. The molecule has 0 atom stereocenters. The van der Waals surface area contributed by atoms with Crippen LogP contribution in [0.4, 0.5) is 0 Å². The number of rotatable bonds is 6. The van der Waals surface area contributed by atoms with Crippen LogP contribution in [0.25, 0.3) is 22.4 Å². The van der Waals surface area contributed by atoms with Gasteiger partial charge in [0, 0.05) is 17.6 Å². The van der Waals surface area contributed by atoms with Gasteiger partial charge in [-0.25, -0.2) is 0 Å². The first-order valence-electron chi connectivity index (χ1n) is 9.98. The van der Waals surface area contributed by atoms with Crippen LogP contribution in [0.3, 0.4) is 0 Å². The van der Waals surface area contributed by atoms with Crippen LogP contribution >= 0.6 is 11.6 Å². The van der Waals surface area contributed by atoms with Gasteiger partial charge in [0.1, 0.15) is 23.8 Å². The number of phenolic OH excluding ortho intramolecular Hbond substituents is 1. The minimum atomic E-state index is -0.590. The molecule has 0 saturated carbocycles. The predicted octanol–water partition coefficient (Wildman–Crippen LogP) is 5.10. The van der Waals surface area contributed by atoms with E-state index in [0.29, 0.717) is 34.2 Å². The SMILES string of the molecule is Cc1cccc(-c2c(OCc3ccc(Cl)cc3)ccc(-c3cc(C(N)=O)n(C)n3)c2O)c1. The molecule has 0 unspecified atom stereocenters. The number of aromatic nitrogens is 2. The van der Waals surface area contributed by atoms with Gasteiger partial charge < -0.3 is 15.6 Å². The van der Waals surface area contributed by atoms with Gasteiger partial charge in [0.15, 0.2) is 0 Å². The Morgan fingerprint density at radius 3 is 2.53 bits per heavy atom. The molecule has 162 valence electrons.